The van der Waals surface area contributed by atoms with Crippen LogP contribution in [0, 0.1) is 0 Å². The number of nitrogens with one attached hydrogen (secondary N) is 1. The lowest BCUT2D eigenvalue weighted by Gasteiger charge is -2.14. The zero-order chi connectivity index (χ0) is 15.8. The van der Waals surface area contributed by atoms with Gasteiger partial charge in [-0.2, -0.15) is 0 Å². The van der Waals surface area contributed by atoms with E-state index >= 15 is 0 Å². The number of rotatable bonds is 8. The third-order valence-corrected chi connectivity index (χ3v) is 3.53. The molecule has 0 fully saturated rings. The number of benzene rings is 2. The second-order valence-electron chi connectivity index (χ2n) is 4.79. The predicted molar refractivity (Wildman–Crippen MR) is 90.7 cm³/mol. The van der Waals surface area contributed by atoms with E-state index in [0.717, 1.165) is 17.7 Å². The molecule has 0 heterocycles. The van der Waals surface area contributed by atoms with Crippen molar-refractivity contribution in [1.82, 2.24) is 5.32 Å². The van der Waals surface area contributed by atoms with Crippen LogP contribution in [0.4, 0.5) is 0 Å². The molecule has 22 heavy (non-hydrogen) atoms. The second kappa shape index (κ2) is 8.47. The Kier molecular flexibility index (Phi) is 6.31. The van der Waals surface area contributed by atoms with Crippen molar-refractivity contribution in [3.63, 3.8) is 0 Å². The molecule has 0 atom stereocenters. The fourth-order valence-electron chi connectivity index (χ4n) is 2.03. The fourth-order valence-corrected chi connectivity index (χ4v) is 2.25. The van der Waals surface area contributed by atoms with E-state index < -0.39 is 0 Å². The minimum Gasteiger partial charge on any atom is -0.493 e. The van der Waals surface area contributed by atoms with Crippen LogP contribution in [-0.4, -0.2) is 13.7 Å². The van der Waals surface area contributed by atoms with E-state index in [2.05, 4.69) is 11.9 Å². The highest BCUT2D eigenvalue weighted by atomic mass is 35.5. The lowest BCUT2D eigenvalue weighted by atomic mass is 10.2. The average molecular weight is 318 g/mol. The maximum absolute atomic E-state index is 6.32. The van der Waals surface area contributed by atoms with Crippen LogP contribution in [0.5, 0.6) is 11.5 Å². The third-order valence-electron chi connectivity index (χ3n) is 3.17. The summed E-state index contributed by atoms with van der Waals surface area (Å²) in [4.78, 5) is 0. The number of ether oxygens (including phenoxy) is 2. The molecule has 0 saturated carbocycles. The van der Waals surface area contributed by atoms with Crippen molar-refractivity contribution in [3.05, 3.63) is 71.3 Å². The van der Waals surface area contributed by atoms with Gasteiger partial charge >= 0.3 is 0 Å². The molecule has 2 rings (SSSR count). The largest absolute Gasteiger partial charge is 0.493 e. The van der Waals surface area contributed by atoms with Crippen LogP contribution in [0.15, 0.2) is 55.1 Å². The highest BCUT2D eigenvalue weighted by molar-refractivity contribution is 6.31. The van der Waals surface area contributed by atoms with Gasteiger partial charge in [0.15, 0.2) is 11.5 Å². The van der Waals surface area contributed by atoms with Crippen molar-refractivity contribution in [2.75, 3.05) is 13.7 Å². The van der Waals surface area contributed by atoms with E-state index in [1.807, 2.05) is 42.5 Å². The zero-order valence-electron chi connectivity index (χ0n) is 12.6. The van der Waals surface area contributed by atoms with Crippen LogP contribution in [0.3, 0.4) is 0 Å². The Labute approximate surface area is 136 Å². The van der Waals surface area contributed by atoms with Gasteiger partial charge in [0.25, 0.3) is 0 Å². The quantitative estimate of drug-likeness (QED) is 0.584. The van der Waals surface area contributed by atoms with E-state index in [1.165, 1.54) is 0 Å². The Morgan fingerprint density at radius 1 is 1.18 bits per heavy atom. The van der Waals surface area contributed by atoms with E-state index in [0.29, 0.717) is 29.7 Å². The van der Waals surface area contributed by atoms with Crippen LogP contribution in [0.1, 0.15) is 11.1 Å². The molecular formula is C18H20ClNO2. The fraction of sp³-hybridized carbons (Fsp3) is 0.222. The Bertz CT molecular complexity index is 614. The Balaban J connectivity index is 2.10. The summed E-state index contributed by atoms with van der Waals surface area (Å²) in [7, 11) is 1.62. The van der Waals surface area contributed by atoms with Gasteiger partial charge in [-0.05, 0) is 17.2 Å². The van der Waals surface area contributed by atoms with E-state index in [4.69, 9.17) is 21.1 Å². The van der Waals surface area contributed by atoms with Gasteiger partial charge in [0.05, 0.1) is 7.11 Å². The molecule has 2 aromatic rings. The monoisotopic (exact) mass is 317 g/mol. The van der Waals surface area contributed by atoms with E-state index in [9.17, 15) is 0 Å². The molecule has 0 aliphatic rings. The van der Waals surface area contributed by atoms with Crippen molar-refractivity contribution in [2.45, 2.75) is 13.2 Å². The maximum atomic E-state index is 6.32. The molecule has 0 saturated heterocycles. The van der Waals surface area contributed by atoms with Gasteiger partial charge in [-0.25, -0.2) is 0 Å². The van der Waals surface area contributed by atoms with Crippen LogP contribution < -0.4 is 14.8 Å². The van der Waals surface area contributed by atoms with Gasteiger partial charge in [-0.3, -0.25) is 0 Å². The number of hydrogen-bond donors (Lipinski definition) is 1. The van der Waals surface area contributed by atoms with E-state index in [-0.39, 0.29) is 0 Å². The molecule has 116 valence electrons. The molecule has 0 unspecified atom stereocenters. The normalized spacial score (nSPS) is 10.3. The first-order valence-corrected chi connectivity index (χ1v) is 7.47. The first kappa shape index (κ1) is 16.4. The summed E-state index contributed by atoms with van der Waals surface area (Å²) in [5.74, 6) is 1.32. The van der Waals surface area contributed by atoms with Crippen LogP contribution >= 0.6 is 11.6 Å². The smallest absolute Gasteiger partial charge is 0.163 e. The van der Waals surface area contributed by atoms with Crippen LogP contribution in [0.25, 0.3) is 0 Å². The molecule has 0 aliphatic heterocycles. The number of halogens is 1. The molecule has 0 aromatic heterocycles. The van der Waals surface area contributed by atoms with Gasteiger partial charge in [0, 0.05) is 24.2 Å². The van der Waals surface area contributed by atoms with Gasteiger partial charge in [-0.1, -0.05) is 48.0 Å². The summed E-state index contributed by atoms with van der Waals surface area (Å²) in [5, 5.41) is 3.88. The summed E-state index contributed by atoms with van der Waals surface area (Å²) in [6.07, 6.45) is 1.81. The van der Waals surface area contributed by atoms with Crippen molar-refractivity contribution < 1.29 is 9.47 Å². The van der Waals surface area contributed by atoms with Crippen molar-refractivity contribution >= 4 is 11.6 Å². The summed E-state index contributed by atoms with van der Waals surface area (Å²) in [6, 6.07) is 13.7. The molecule has 0 aliphatic carbocycles. The molecular weight excluding hydrogens is 298 g/mol. The van der Waals surface area contributed by atoms with Crippen molar-refractivity contribution in [3.8, 4) is 11.5 Å². The third kappa shape index (κ3) is 4.52. The molecule has 0 radical (unpaired) electrons. The topological polar surface area (TPSA) is 30.5 Å². The highest BCUT2D eigenvalue weighted by Gasteiger charge is 2.10. The number of methoxy groups -OCH3 is 1. The van der Waals surface area contributed by atoms with Crippen molar-refractivity contribution in [2.24, 2.45) is 0 Å². The zero-order valence-corrected chi connectivity index (χ0v) is 13.4. The lowest BCUT2D eigenvalue weighted by molar-refractivity contribution is 0.284. The Morgan fingerprint density at radius 2 is 1.95 bits per heavy atom. The molecule has 0 amide bonds. The SMILES string of the molecule is C=CCNCc1cc(OC)c(OCc2ccccc2)cc1Cl. The number of hydrogen-bond acceptors (Lipinski definition) is 3. The first-order chi connectivity index (χ1) is 10.7. The first-order valence-electron chi connectivity index (χ1n) is 7.09. The van der Waals surface area contributed by atoms with Gasteiger partial charge in [-0.15, -0.1) is 6.58 Å². The Morgan fingerprint density at radius 3 is 2.64 bits per heavy atom. The highest BCUT2D eigenvalue weighted by Crippen LogP contribution is 2.33. The summed E-state index contributed by atoms with van der Waals surface area (Å²) >= 11 is 6.32. The van der Waals surface area contributed by atoms with E-state index in [1.54, 1.807) is 13.2 Å². The molecule has 4 heteroatoms. The van der Waals surface area contributed by atoms with Gasteiger partial charge < -0.3 is 14.8 Å². The maximum Gasteiger partial charge on any atom is 0.163 e. The lowest BCUT2D eigenvalue weighted by Crippen LogP contribution is -2.13. The molecule has 1 N–H and O–H groups in total. The summed E-state index contributed by atoms with van der Waals surface area (Å²) in [5.41, 5.74) is 2.06. The van der Waals surface area contributed by atoms with Gasteiger partial charge in [0.2, 0.25) is 0 Å². The predicted octanol–water partition coefficient (Wildman–Crippen LogP) is 4.20. The van der Waals surface area contributed by atoms with Gasteiger partial charge in [0.1, 0.15) is 6.61 Å². The summed E-state index contributed by atoms with van der Waals surface area (Å²) < 4.78 is 11.2. The molecule has 0 spiro atoms. The van der Waals surface area contributed by atoms with Crippen molar-refractivity contribution in [1.29, 1.82) is 0 Å². The molecule has 2 aromatic carbocycles. The van der Waals surface area contributed by atoms with Crippen LogP contribution in [-0.2, 0) is 13.2 Å². The van der Waals surface area contributed by atoms with Crippen LogP contribution in [0.2, 0.25) is 5.02 Å². The summed E-state index contributed by atoms with van der Waals surface area (Å²) in [6.45, 7) is 5.53. The second-order valence-corrected chi connectivity index (χ2v) is 5.20. The Hall–Kier alpha value is -1.97. The minimum atomic E-state index is 0.474. The average Bonchev–Trinajstić information content (AvgIpc) is 2.55. The minimum absolute atomic E-state index is 0.474. The standard InChI is InChI=1S/C18H20ClNO2/c1-3-9-20-12-15-10-17(21-2)18(11-16(15)19)22-13-14-7-5-4-6-8-14/h3-8,10-11,20H,1,9,12-13H2,2H3. The molecule has 0 bridgehead atoms. The molecule has 3 nitrogen and oxygen atoms in total.